The van der Waals surface area contributed by atoms with Crippen molar-refractivity contribution in [3.63, 3.8) is 0 Å². The van der Waals surface area contributed by atoms with Crippen LogP contribution in [0.2, 0.25) is 0 Å². The average molecular weight is 362 g/mol. The third-order valence-electron chi connectivity index (χ3n) is 4.48. The quantitative estimate of drug-likeness (QED) is 0.767. The average Bonchev–Trinajstić information content (AvgIpc) is 2.64. The van der Waals surface area contributed by atoms with Crippen LogP contribution in [0.1, 0.15) is 26.7 Å². The van der Waals surface area contributed by atoms with E-state index in [4.69, 9.17) is 4.74 Å². The Morgan fingerprint density at radius 1 is 1.27 bits per heavy atom. The van der Waals surface area contributed by atoms with E-state index in [1.54, 1.807) is 30.9 Å². The number of hydrogen-bond donors (Lipinski definition) is 2. The van der Waals surface area contributed by atoms with E-state index in [9.17, 15) is 19.5 Å². The second-order valence-corrected chi connectivity index (χ2v) is 6.85. The third-order valence-corrected chi connectivity index (χ3v) is 4.48. The van der Waals surface area contributed by atoms with Crippen LogP contribution < -0.4 is 10.1 Å². The predicted octanol–water partition coefficient (Wildman–Crippen LogP) is 1.53. The number of piperidine rings is 1. The zero-order chi connectivity index (χ0) is 19.1. The first kappa shape index (κ1) is 19.8. The first-order valence-corrected chi connectivity index (χ1v) is 8.87. The fourth-order valence-electron chi connectivity index (χ4n) is 2.96. The summed E-state index contributed by atoms with van der Waals surface area (Å²) in [5, 5.41) is 11.8. The molecule has 1 aliphatic heterocycles. The summed E-state index contributed by atoms with van der Waals surface area (Å²) in [6.07, 6.45) is 1.34. The Kier molecular flexibility index (Phi) is 7.00. The highest BCUT2D eigenvalue weighted by molar-refractivity contribution is 5.86. The molecule has 1 aliphatic rings. The number of aliphatic carboxylic acids is 1. The first-order valence-electron chi connectivity index (χ1n) is 8.87. The molecule has 7 nitrogen and oxygen atoms in total. The molecule has 1 heterocycles. The first-order chi connectivity index (χ1) is 12.4. The number of carboxylic acids is 1. The number of likely N-dealkylation sites (tertiary alicyclic amines) is 1. The molecule has 1 fully saturated rings. The van der Waals surface area contributed by atoms with Gasteiger partial charge in [-0.1, -0.05) is 32.0 Å². The monoisotopic (exact) mass is 362 g/mol. The van der Waals surface area contributed by atoms with Crippen molar-refractivity contribution in [1.82, 2.24) is 10.2 Å². The molecular formula is C19H26N2O5. The van der Waals surface area contributed by atoms with Gasteiger partial charge in [0.2, 0.25) is 5.91 Å². The van der Waals surface area contributed by atoms with Crippen molar-refractivity contribution in [2.75, 3.05) is 19.7 Å². The van der Waals surface area contributed by atoms with Crippen LogP contribution in [0.3, 0.4) is 0 Å². The van der Waals surface area contributed by atoms with Crippen molar-refractivity contribution < 1.29 is 24.2 Å². The summed E-state index contributed by atoms with van der Waals surface area (Å²) in [7, 11) is 0. The number of carboxylic acid groups (broad SMARTS) is 1. The van der Waals surface area contributed by atoms with Crippen LogP contribution in [-0.2, 0) is 14.4 Å². The minimum atomic E-state index is -1.05. The van der Waals surface area contributed by atoms with Gasteiger partial charge in [0.15, 0.2) is 6.61 Å². The Balaban J connectivity index is 1.88. The molecule has 1 aromatic rings. The maximum Gasteiger partial charge on any atom is 0.326 e. The SMILES string of the molecule is CC(C)[C@H](NC(=O)C1CCCN(C(=O)COc2ccccc2)C1)C(=O)O. The van der Waals surface area contributed by atoms with Crippen LogP contribution in [0.25, 0.3) is 0 Å². The van der Waals surface area contributed by atoms with Gasteiger partial charge in [-0.15, -0.1) is 0 Å². The van der Waals surface area contributed by atoms with Crippen LogP contribution >= 0.6 is 0 Å². The van der Waals surface area contributed by atoms with E-state index in [0.29, 0.717) is 25.1 Å². The minimum Gasteiger partial charge on any atom is -0.484 e. The van der Waals surface area contributed by atoms with Crippen molar-refractivity contribution in [2.45, 2.75) is 32.7 Å². The molecule has 26 heavy (non-hydrogen) atoms. The van der Waals surface area contributed by atoms with E-state index < -0.39 is 17.9 Å². The van der Waals surface area contributed by atoms with Gasteiger partial charge in [-0.25, -0.2) is 4.79 Å². The van der Waals surface area contributed by atoms with Crippen molar-refractivity contribution in [3.8, 4) is 5.75 Å². The summed E-state index contributed by atoms with van der Waals surface area (Å²) in [6, 6.07) is 8.15. The Bertz CT molecular complexity index is 632. The van der Waals surface area contributed by atoms with E-state index >= 15 is 0 Å². The molecule has 0 spiro atoms. The number of rotatable bonds is 7. The molecule has 0 aromatic heterocycles. The number of nitrogens with zero attached hydrogens (tertiary/aromatic N) is 1. The molecule has 0 radical (unpaired) electrons. The van der Waals surface area contributed by atoms with Gasteiger partial charge in [-0.2, -0.15) is 0 Å². The standard InChI is InChI=1S/C19H26N2O5/c1-13(2)17(19(24)25)20-18(23)14-7-6-10-21(11-14)16(22)12-26-15-8-4-3-5-9-15/h3-5,8-9,13-14,17H,6-7,10-12H2,1-2H3,(H,20,23)(H,24,25)/t14?,17-/m0/s1. The molecular weight excluding hydrogens is 336 g/mol. The lowest BCUT2D eigenvalue weighted by atomic mass is 9.95. The molecule has 0 aliphatic carbocycles. The molecule has 7 heteroatoms. The molecule has 1 aromatic carbocycles. The highest BCUT2D eigenvalue weighted by Gasteiger charge is 2.32. The molecule has 2 atom stereocenters. The molecule has 1 saturated heterocycles. The lowest BCUT2D eigenvalue weighted by Gasteiger charge is -2.32. The highest BCUT2D eigenvalue weighted by atomic mass is 16.5. The predicted molar refractivity (Wildman–Crippen MR) is 95.6 cm³/mol. The largest absolute Gasteiger partial charge is 0.484 e. The van der Waals surface area contributed by atoms with Crippen molar-refractivity contribution in [3.05, 3.63) is 30.3 Å². The zero-order valence-electron chi connectivity index (χ0n) is 15.2. The normalized spacial score (nSPS) is 18.3. The fraction of sp³-hybridized carbons (Fsp3) is 0.526. The lowest BCUT2D eigenvalue weighted by molar-refractivity contribution is -0.145. The van der Waals surface area contributed by atoms with Gasteiger partial charge in [0.1, 0.15) is 11.8 Å². The van der Waals surface area contributed by atoms with Gasteiger partial charge in [-0.05, 0) is 30.9 Å². The fourth-order valence-corrected chi connectivity index (χ4v) is 2.96. The Morgan fingerprint density at radius 2 is 1.96 bits per heavy atom. The maximum atomic E-state index is 12.4. The summed E-state index contributed by atoms with van der Waals surface area (Å²) in [5.41, 5.74) is 0. The summed E-state index contributed by atoms with van der Waals surface area (Å²) in [6.45, 7) is 4.27. The summed E-state index contributed by atoms with van der Waals surface area (Å²) in [5.74, 6) is -1.53. The number of amides is 2. The molecule has 142 valence electrons. The Labute approximate surface area is 153 Å². The van der Waals surface area contributed by atoms with E-state index in [2.05, 4.69) is 5.32 Å². The van der Waals surface area contributed by atoms with Gasteiger partial charge in [0, 0.05) is 13.1 Å². The van der Waals surface area contributed by atoms with Crippen molar-refractivity contribution in [2.24, 2.45) is 11.8 Å². The van der Waals surface area contributed by atoms with E-state index in [-0.39, 0.29) is 30.9 Å². The van der Waals surface area contributed by atoms with Crippen molar-refractivity contribution in [1.29, 1.82) is 0 Å². The number of carbonyl (C=O) groups is 3. The second-order valence-electron chi connectivity index (χ2n) is 6.85. The minimum absolute atomic E-state index is 0.0813. The third kappa shape index (κ3) is 5.47. The zero-order valence-corrected chi connectivity index (χ0v) is 15.2. The Morgan fingerprint density at radius 3 is 2.58 bits per heavy atom. The Hall–Kier alpha value is -2.57. The number of para-hydroxylation sites is 1. The number of benzene rings is 1. The van der Waals surface area contributed by atoms with E-state index in [1.165, 1.54) is 0 Å². The molecule has 0 bridgehead atoms. The molecule has 2 rings (SSSR count). The topological polar surface area (TPSA) is 95.9 Å². The summed E-state index contributed by atoms with van der Waals surface area (Å²) in [4.78, 5) is 37.6. The summed E-state index contributed by atoms with van der Waals surface area (Å²) >= 11 is 0. The van der Waals surface area contributed by atoms with Crippen LogP contribution in [0.4, 0.5) is 0 Å². The smallest absolute Gasteiger partial charge is 0.326 e. The van der Waals surface area contributed by atoms with Crippen LogP contribution in [-0.4, -0.2) is 53.5 Å². The van der Waals surface area contributed by atoms with E-state index in [1.807, 2.05) is 18.2 Å². The van der Waals surface area contributed by atoms with Crippen molar-refractivity contribution >= 4 is 17.8 Å². The van der Waals surface area contributed by atoms with E-state index in [0.717, 1.165) is 0 Å². The van der Waals surface area contributed by atoms with Crippen LogP contribution in [0.5, 0.6) is 5.75 Å². The number of nitrogens with one attached hydrogen (secondary N) is 1. The molecule has 2 N–H and O–H groups in total. The van der Waals surface area contributed by atoms with Gasteiger partial charge >= 0.3 is 5.97 Å². The van der Waals surface area contributed by atoms with Gasteiger partial charge in [0.25, 0.3) is 5.91 Å². The lowest BCUT2D eigenvalue weighted by Crippen LogP contribution is -2.51. The highest BCUT2D eigenvalue weighted by Crippen LogP contribution is 2.18. The van der Waals surface area contributed by atoms with Gasteiger partial charge in [0.05, 0.1) is 5.92 Å². The van der Waals surface area contributed by atoms with Gasteiger partial charge < -0.3 is 20.1 Å². The number of hydrogen-bond acceptors (Lipinski definition) is 4. The molecule has 0 saturated carbocycles. The van der Waals surface area contributed by atoms with Crippen LogP contribution in [0, 0.1) is 11.8 Å². The summed E-state index contributed by atoms with van der Waals surface area (Å²) < 4.78 is 5.47. The second kappa shape index (κ2) is 9.22. The van der Waals surface area contributed by atoms with Crippen LogP contribution in [0.15, 0.2) is 30.3 Å². The number of ether oxygens (including phenoxy) is 1. The number of carbonyl (C=O) groups excluding carboxylic acids is 2. The van der Waals surface area contributed by atoms with Gasteiger partial charge in [-0.3, -0.25) is 9.59 Å². The molecule has 1 unspecified atom stereocenters. The maximum absolute atomic E-state index is 12.4. The molecule has 2 amide bonds.